The number of thioether (sulfide) groups is 1. The molecule has 0 aromatic carbocycles. The lowest BCUT2D eigenvalue weighted by atomic mass is 10.2. The summed E-state index contributed by atoms with van der Waals surface area (Å²) in [5.74, 6) is 3.56. The van der Waals surface area contributed by atoms with Crippen molar-refractivity contribution in [1.29, 1.82) is 0 Å². The molecule has 3 rings (SSSR count). The number of rotatable bonds is 4. The largest absolute Gasteiger partial charge is 0.384 e. The average molecular weight is 277 g/mol. The standard InChI is InChI=1S/C14H19N3OS/c1-18-8-6-13-16-12-5-2-7-15-14(12)17(13)11-4-3-9-19-10-11/h2,5,7,11H,3-4,6,8-10H2,1H3. The summed E-state index contributed by atoms with van der Waals surface area (Å²) in [6, 6.07) is 4.53. The molecule has 0 aliphatic carbocycles. The Labute approximate surface area is 117 Å². The normalized spacial score (nSPS) is 19.9. The van der Waals surface area contributed by atoms with Gasteiger partial charge in [-0.2, -0.15) is 11.8 Å². The molecule has 3 heterocycles. The zero-order chi connectivity index (χ0) is 13.1. The van der Waals surface area contributed by atoms with Gasteiger partial charge in [0.1, 0.15) is 11.3 Å². The number of pyridine rings is 1. The van der Waals surface area contributed by atoms with Crippen LogP contribution in [-0.4, -0.2) is 39.8 Å². The van der Waals surface area contributed by atoms with E-state index in [0.29, 0.717) is 12.6 Å². The van der Waals surface area contributed by atoms with Crippen LogP contribution in [0.25, 0.3) is 11.2 Å². The van der Waals surface area contributed by atoms with Gasteiger partial charge in [0.25, 0.3) is 0 Å². The molecular formula is C14H19N3OS. The summed E-state index contributed by atoms with van der Waals surface area (Å²) in [5.41, 5.74) is 2.03. The van der Waals surface area contributed by atoms with Crippen molar-refractivity contribution < 1.29 is 4.74 Å². The Bertz CT molecular complexity index is 549. The highest BCUT2D eigenvalue weighted by Gasteiger charge is 2.21. The van der Waals surface area contributed by atoms with E-state index in [4.69, 9.17) is 9.72 Å². The predicted molar refractivity (Wildman–Crippen MR) is 78.7 cm³/mol. The highest BCUT2D eigenvalue weighted by atomic mass is 32.2. The number of ether oxygens (including phenoxy) is 1. The topological polar surface area (TPSA) is 39.9 Å². The number of hydrogen-bond acceptors (Lipinski definition) is 4. The third kappa shape index (κ3) is 2.62. The summed E-state index contributed by atoms with van der Waals surface area (Å²) in [6.07, 6.45) is 5.23. The molecule has 19 heavy (non-hydrogen) atoms. The second-order valence-electron chi connectivity index (χ2n) is 4.86. The lowest BCUT2D eigenvalue weighted by Crippen LogP contribution is -2.19. The first-order valence-electron chi connectivity index (χ1n) is 6.78. The fourth-order valence-corrected chi connectivity index (χ4v) is 3.78. The van der Waals surface area contributed by atoms with Gasteiger partial charge < -0.3 is 9.30 Å². The molecule has 2 aromatic rings. The zero-order valence-electron chi connectivity index (χ0n) is 11.2. The molecule has 0 N–H and O–H groups in total. The van der Waals surface area contributed by atoms with E-state index in [1.165, 1.54) is 24.3 Å². The molecule has 2 aromatic heterocycles. The van der Waals surface area contributed by atoms with Crippen molar-refractivity contribution in [3.8, 4) is 0 Å². The molecule has 0 spiro atoms. The van der Waals surface area contributed by atoms with E-state index in [9.17, 15) is 0 Å². The molecule has 1 aliphatic rings. The van der Waals surface area contributed by atoms with E-state index < -0.39 is 0 Å². The van der Waals surface area contributed by atoms with Gasteiger partial charge in [-0.15, -0.1) is 0 Å². The van der Waals surface area contributed by atoms with Gasteiger partial charge in [0.15, 0.2) is 5.65 Å². The molecule has 4 nitrogen and oxygen atoms in total. The van der Waals surface area contributed by atoms with E-state index in [-0.39, 0.29) is 0 Å². The molecule has 1 unspecified atom stereocenters. The minimum absolute atomic E-state index is 0.533. The molecule has 0 bridgehead atoms. The van der Waals surface area contributed by atoms with Crippen molar-refractivity contribution in [2.75, 3.05) is 25.2 Å². The molecule has 1 aliphatic heterocycles. The van der Waals surface area contributed by atoms with Crippen LogP contribution in [-0.2, 0) is 11.2 Å². The summed E-state index contributed by atoms with van der Waals surface area (Å²) >= 11 is 2.03. The number of aromatic nitrogens is 3. The van der Waals surface area contributed by atoms with Gasteiger partial charge in [-0.1, -0.05) is 0 Å². The van der Waals surface area contributed by atoms with E-state index in [1.807, 2.05) is 30.1 Å². The molecule has 5 heteroatoms. The van der Waals surface area contributed by atoms with Gasteiger partial charge in [-0.25, -0.2) is 9.97 Å². The van der Waals surface area contributed by atoms with Gasteiger partial charge in [0.2, 0.25) is 0 Å². The van der Waals surface area contributed by atoms with Gasteiger partial charge >= 0.3 is 0 Å². The fraction of sp³-hybridized carbons (Fsp3) is 0.571. The SMILES string of the molecule is COCCc1nc2cccnc2n1C1CCCSC1. The van der Waals surface area contributed by atoms with Crippen LogP contribution < -0.4 is 0 Å². The van der Waals surface area contributed by atoms with Crippen molar-refractivity contribution in [3.63, 3.8) is 0 Å². The third-order valence-electron chi connectivity index (χ3n) is 3.55. The Hall–Kier alpha value is -1.07. The Morgan fingerprint density at radius 1 is 1.53 bits per heavy atom. The smallest absolute Gasteiger partial charge is 0.160 e. The van der Waals surface area contributed by atoms with Crippen molar-refractivity contribution in [1.82, 2.24) is 14.5 Å². The third-order valence-corrected chi connectivity index (χ3v) is 4.75. The quantitative estimate of drug-likeness (QED) is 0.861. The lowest BCUT2D eigenvalue weighted by Gasteiger charge is -2.24. The van der Waals surface area contributed by atoms with Crippen LogP contribution in [0.4, 0.5) is 0 Å². The van der Waals surface area contributed by atoms with Crippen LogP contribution in [0.15, 0.2) is 18.3 Å². The second kappa shape index (κ2) is 5.92. The number of nitrogens with zero attached hydrogens (tertiary/aromatic N) is 3. The highest BCUT2D eigenvalue weighted by molar-refractivity contribution is 7.99. The van der Waals surface area contributed by atoms with Crippen LogP contribution in [0, 0.1) is 0 Å². The molecule has 0 radical (unpaired) electrons. The van der Waals surface area contributed by atoms with E-state index in [0.717, 1.165) is 23.4 Å². The maximum Gasteiger partial charge on any atom is 0.160 e. The summed E-state index contributed by atoms with van der Waals surface area (Å²) in [6.45, 7) is 0.711. The molecule has 102 valence electrons. The molecule has 1 atom stereocenters. The van der Waals surface area contributed by atoms with E-state index in [2.05, 4.69) is 9.55 Å². The average Bonchev–Trinajstić information content (AvgIpc) is 2.84. The van der Waals surface area contributed by atoms with Crippen molar-refractivity contribution in [2.24, 2.45) is 0 Å². The number of methoxy groups -OCH3 is 1. The summed E-state index contributed by atoms with van der Waals surface area (Å²) in [5, 5.41) is 0. The Kier molecular flexibility index (Phi) is 4.03. The second-order valence-corrected chi connectivity index (χ2v) is 6.01. The summed E-state index contributed by atoms with van der Waals surface area (Å²) in [4.78, 5) is 9.27. The van der Waals surface area contributed by atoms with Gasteiger partial charge in [0, 0.05) is 31.5 Å². The van der Waals surface area contributed by atoms with Crippen LogP contribution in [0.2, 0.25) is 0 Å². The molecule has 0 saturated carbocycles. The monoisotopic (exact) mass is 277 g/mol. The molecule has 1 saturated heterocycles. The molecule has 1 fully saturated rings. The van der Waals surface area contributed by atoms with Crippen molar-refractivity contribution >= 4 is 22.9 Å². The summed E-state index contributed by atoms with van der Waals surface area (Å²) < 4.78 is 7.55. The Morgan fingerprint density at radius 2 is 2.47 bits per heavy atom. The highest BCUT2D eigenvalue weighted by Crippen LogP contribution is 2.30. The first-order valence-corrected chi connectivity index (χ1v) is 7.94. The fourth-order valence-electron chi connectivity index (χ4n) is 2.66. The minimum atomic E-state index is 0.533. The van der Waals surface area contributed by atoms with Crippen LogP contribution in [0.5, 0.6) is 0 Å². The lowest BCUT2D eigenvalue weighted by molar-refractivity contribution is 0.199. The predicted octanol–water partition coefficient (Wildman–Crippen LogP) is 2.69. The van der Waals surface area contributed by atoms with Crippen LogP contribution >= 0.6 is 11.8 Å². The van der Waals surface area contributed by atoms with Crippen LogP contribution in [0.3, 0.4) is 0 Å². The van der Waals surface area contributed by atoms with Gasteiger partial charge in [-0.3, -0.25) is 0 Å². The van der Waals surface area contributed by atoms with E-state index >= 15 is 0 Å². The maximum absolute atomic E-state index is 5.21. The first kappa shape index (κ1) is 12.9. The summed E-state index contributed by atoms with van der Waals surface area (Å²) in [7, 11) is 1.74. The number of hydrogen-bond donors (Lipinski definition) is 0. The number of imidazole rings is 1. The molecule has 0 amide bonds. The van der Waals surface area contributed by atoms with Crippen molar-refractivity contribution in [3.05, 3.63) is 24.2 Å². The Balaban J connectivity index is 2.01. The number of fused-ring (bicyclic) bond motifs is 1. The van der Waals surface area contributed by atoms with Crippen molar-refractivity contribution in [2.45, 2.75) is 25.3 Å². The van der Waals surface area contributed by atoms with E-state index in [1.54, 1.807) is 7.11 Å². The first-order chi connectivity index (χ1) is 9.40. The molecular weight excluding hydrogens is 258 g/mol. The Morgan fingerprint density at radius 3 is 3.26 bits per heavy atom. The van der Waals surface area contributed by atoms with Gasteiger partial charge in [-0.05, 0) is 30.7 Å². The van der Waals surface area contributed by atoms with Gasteiger partial charge in [0.05, 0.1) is 6.61 Å². The minimum Gasteiger partial charge on any atom is -0.384 e. The van der Waals surface area contributed by atoms with Crippen LogP contribution in [0.1, 0.15) is 24.7 Å². The zero-order valence-corrected chi connectivity index (χ0v) is 12.0. The maximum atomic E-state index is 5.21.